The molecule has 0 spiro atoms. The first-order valence-corrected chi connectivity index (χ1v) is 25.1. The number of carbonyl (C=O) groups excluding carboxylic acids is 2. The fourth-order valence-electron chi connectivity index (χ4n) is 11.1. The molecule has 17 atom stereocenters. The minimum atomic E-state index is -1.60. The number of hydrogen-bond acceptors (Lipinski definition) is 14. The Kier molecular flexibility index (Phi) is 21.1. The third-order valence-corrected chi connectivity index (χ3v) is 14.7. The van der Waals surface area contributed by atoms with Crippen molar-refractivity contribution in [2.24, 2.45) is 17.8 Å². The van der Waals surface area contributed by atoms with Crippen LogP contribution in [0.5, 0.6) is 0 Å². The number of carbonyl (C=O) groups is 2. The van der Waals surface area contributed by atoms with Crippen molar-refractivity contribution in [3.8, 4) is 0 Å². The molecule has 4 aliphatic rings. The predicted molar refractivity (Wildman–Crippen MR) is 249 cm³/mol. The summed E-state index contributed by atoms with van der Waals surface area (Å²) in [5.74, 6) is -2.41. The molecule has 65 heavy (non-hydrogen) atoms. The highest BCUT2D eigenvalue weighted by Gasteiger charge is 2.57. The Balaban J connectivity index is 1.81. The summed E-state index contributed by atoms with van der Waals surface area (Å²) in [7, 11) is 5.60. The molecule has 1 N–H and O–H groups in total. The van der Waals surface area contributed by atoms with Gasteiger partial charge >= 0.3 is 11.9 Å². The van der Waals surface area contributed by atoms with Gasteiger partial charge in [-0.1, -0.05) is 73.1 Å². The lowest BCUT2D eigenvalue weighted by molar-refractivity contribution is -0.320. The van der Waals surface area contributed by atoms with Gasteiger partial charge in [0.05, 0.1) is 47.9 Å². The maximum absolute atomic E-state index is 15.0. The number of rotatable bonds is 22. The molecule has 2 bridgehead atoms. The van der Waals surface area contributed by atoms with E-state index in [1.807, 2.05) is 74.4 Å². The van der Waals surface area contributed by atoms with Crippen LogP contribution in [0.25, 0.3) is 0 Å². The standard InChI is InChI=1S/C51H91NO13/c1-17-20-22-24-26-57-39(19-3)51(13,55)45-33(6)41-31(4)29-50(12,65-41)44(64-48-43(61-37(10)53)38(52(14)15)28-32(5)59-48)34(7)42(35(8)47(54)63-45)62-40-30-49(11,56-16)46(36(9)60-40)58-27-25-23-21-18-2/h32-36,38-40,42-46,48,55H,17-30H2,1-16H3/t32-,33+,34+,35-,36+,38+,39-,40?,42+,43-,44-,45-,46+,48?,49-,50-,51-/m1/s1. The highest BCUT2D eigenvalue weighted by Crippen LogP contribution is 2.48. The molecule has 2 unspecified atom stereocenters. The molecule has 14 nitrogen and oxygen atoms in total. The molecule has 0 aliphatic carbocycles. The van der Waals surface area contributed by atoms with E-state index in [1.165, 1.54) is 6.92 Å². The van der Waals surface area contributed by atoms with Crippen LogP contribution in [0.1, 0.15) is 167 Å². The number of esters is 2. The predicted octanol–water partition coefficient (Wildman–Crippen LogP) is 8.67. The Morgan fingerprint density at radius 3 is 2.14 bits per heavy atom. The SMILES string of the molecule is CCCCCCO[C@H](CC)[C@@](C)(O)[C@@H]1OC(=O)[C@H](C)[C@@H](OC2C[C@@](C)(OC)[C@@H](OCCCCCC)[C@H](C)O2)[C@H](C)[C@@H](OC2O[C@H](C)C[C@H](N(C)C)[C@H]2OC(C)=O)[C@@]2(C)CC(C)=C(O2)[C@@H]1C. The lowest BCUT2D eigenvalue weighted by Crippen LogP contribution is -2.61. The van der Waals surface area contributed by atoms with Gasteiger partial charge in [-0.2, -0.15) is 0 Å². The van der Waals surface area contributed by atoms with Crippen LogP contribution in [0.2, 0.25) is 0 Å². The summed E-state index contributed by atoms with van der Waals surface area (Å²) in [6.45, 7) is 26.3. The average molecular weight is 926 g/mol. The molecule has 378 valence electrons. The van der Waals surface area contributed by atoms with E-state index in [1.54, 1.807) is 21.0 Å². The number of fused-ring (bicyclic) bond motifs is 2. The Bertz CT molecular complexity index is 1520. The van der Waals surface area contributed by atoms with Crippen LogP contribution in [0.4, 0.5) is 0 Å². The summed E-state index contributed by atoms with van der Waals surface area (Å²) >= 11 is 0. The molecule has 3 saturated heterocycles. The van der Waals surface area contributed by atoms with Crippen LogP contribution in [0.15, 0.2) is 11.3 Å². The van der Waals surface area contributed by atoms with E-state index in [-0.39, 0.29) is 18.2 Å². The van der Waals surface area contributed by atoms with E-state index in [0.29, 0.717) is 44.7 Å². The summed E-state index contributed by atoms with van der Waals surface area (Å²) in [6.07, 6.45) is 3.48. The lowest BCUT2D eigenvalue weighted by Gasteiger charge is -2.49. The Hall–Kier alpha value is -1.88. The van der Waals surface area contributed by atoms with Gasteiger partial charge in [-0.15, -0.1) is 0 Å². The highest BCUT2D eigenvalue weighted by molar-refractivity contribution is 5.73. The fourth-order valence-corrected chi connectivity index (χ4v) is 11.1. The number of nitrogens with zero attached hydrogens (tertiary/aromatic N) is 1. The first-order chi connectivity index (χ1) is 30.6. The molecule has 0 aromatic carbocycles. The first kappa shape index (κ1) is 55.7. The van der Waals surface area contributed by atoms with Crippen molar-refractivity contribution in [2.45, 2.75) is 251 Å². The molecular weight excluding hydrogens is 835 g/mol. The molecule has 4 rings (SSSR count). The molecule has 14 heteroatoms. The van der Waals surface area contributed by atoms with Crippen LogP contribution in [0, 0.1) is 17.8 Å². The molecule has 0 aromatic rings. The highest BCUT2D eigenvalue weighted by atomic mass is 16.7. The topological polar surface area (TPSA) is 150 Å². The average Bonchev–Trinajstić information content (AvgIpc) is 3.56. The zero-order chi connectivity index (χ0) is 48.4. The minimum Gasteiger partial charge on any atom is -0.488 e. The fraction of sp³-hybridized carbons (Fsp3) is 0.922. The van der Waals surface area contributed by atoms with Gasteiger partial charge in [0.15, 0.2) is 18.7 Å². The zero-order valence-corrected chi connectivity index (χ0v) is 43.3. The molecular formula is C51H91NO13. The van der Waals surface area contributed by atoms with Crippen molar-refractivity contribution in [3.05, 3.63) is 11.3 Å². The molecule has 4 aliphatic heterocycles. The molecule has 0 aromatic heterocycles. The molecule has 0 saturated carbocycles. The Morgan fingerprint density at radius 2 is 1.55 bits per heavy atom. The summed E-state index contributed by atoms with van der Waals surface area (Å²) in [5, 5.41) is 12.6. The number of aliphatic hydroxyl groups is 1. The first-order valence-electron chi connectivity index (χ1n) is 25.1. The van der Waals surface area contributed by atoms with Crippen LogP contribution in [-0.4, -0.2) is 141 Å². The molecule has 0 radical (unpaired) electrons. The second-order valence-corrected chi connectivity index (χ2v) is 20.7. The van der Waals surface area contributed by atoms with E-state index in [4.69, 9.17) is 47.4 Å². The lowest BCUT2D eigenvalue weighted by atomic mass is 9.78. The summed E-state index contributed by atoms with van der Waals surface area (Å²) < 4.78 is 66.5. The maximum Gasteiger partial charge on any atom is 0.311 e. The van der Waals surface area contributed by atoms with Crippen molar-refractivity contribution < 1.29 is 62.1 Å². The van der Waals surface area contributed by atoms with Crippen molar-refractivity contribution in [2.75, 3.05) is 34.4 Å². The third kappa shape index (κ3) is 13.7. The van der Waals surface area contributed by atoms with Gasteiger partial charge in [0.1, 0.15) is 35.3 Å². The molecule has 3 fully saturated rings. The van der Waals surface area contributed by atoms with Crippen LogP contribution < -0.4 is 0 Å². The van der Waals surface area contributed by atoms with Gasteiger partial charge < -0.3 is 57.4 Å². The zero-order valence-electron chi connectivity index (χ0n) is 43.3. The van der Waals surface area contributed by atoms with E-state index < -0.39 is 95.7 Å². The quantitative estimate of drug-likeness (QED) is 0.0815. The number of likely N-dealkylation sites (N-methyl/N-ethyl adjacent to an activating group) is 1. The summed E-state index contributed by atoms with van der Waals surface area (Å²) in [4.78, 5) is 29.7. The number of methoxy groups -OCH3 is 1. The smallest absolute Gasteiger partial charge is 0.311 e. The number of hydrogen-bond donors (Lipinski definition) is 1. The van der Waals surface area contributed by atoms with Gasteiger partial charge in [-0.05, 0) is 93.8 Å². The van der Waals surface area contributed by atoms with Gasteiger partial charge in [0, 0.05) is 46.0 Å². The van der Waals surface area contributed by atoms with E-state index in [0.717, 1.165) is 56.9 Å². The van der Waals surface area contributed by atoms with E-state index in [2.05, 4.69) is 13.8 Å². The van der Waals surface area contributed by atoms with Gasteiger partial charge in [0.2, 0.25) is 0 Å². The summed E-state index contributed by atoms with van der Waals surface area (Å²) in [6, 6.07) is -0.201. The van der Waals surface area contributed by atoms with Gasteiger partial charge in [0.25, 0.3) is 0 Å². The number of unbranched alkanes of at least 4 members (excludes halogenated alkanes) is 6. The van der Waals surface area contributed by atoms with E-state index >= 15 is 0 Å². The summed E-state index contributed by atoms with van der Waals surface area (Å²) in [5.41, 5.74) is -2.46. The Labute approximate surface area is 392 Å². The van der Waals surface area contributed by atoms with Crippen LogP contribution in [0.3, 0.4) is 0 Å². The molecule has 4 heterocycles. The van der Waals surface area contributed by atoms with Crippen LogP contribution in [-0.2, 0) is 57.0 Å². The van der Waals surface area contributed by atoms with Gasteiger partial charge in [-0.25, -0.2) is 0 Å². The number of ether oxygens (including phenoxy) is 10. The van der Waals surface area contributed by atoms with Crippen molar-refractivity contribution in [1.29, 1.82) is 0 Å². The van der Waals surface area contributed by atoms with Crippen molar-refractivity contribution >= 4 is 11.9 Å². The maximum atomic E-state index is 15.0. The van der Waals surface area contributed by atoms with Crippen molar-refractivity contribution in [1.82, 2.24) is 4.90 Å². The minimum absolute atomic E-state index is 0.201. The van der Waals surface area contributed by atoms with Gasteiger partial charge in [-0.3, -0.25) is 9.59 Å². The van der Waals surface area contributed by atoms with Crippen LogP contribution >= 0.6 is 0 Å². The third-order valence-electron chi connectivity index (χ3n) is 14.7. The molecule has 0 amide bonds. The normalized spacial score (nSPS) is 38.4. The Morgan fingerprint density at radius 1 is 0.908 bits per heavy atom. The number of cyclic esters (lactones) is 1. The second-order valence-electron chi connectivity index (χ2n) is 20.7. The second kappa shape index (κ2) is 24.6. The van der Waals surface area contributed by atoms with E-state index in [9.17, 15) is 14.7 Å². The largest absolute Gasteiger partial charge is 0.488 e. The van der Waals surface area contributed by atoms with Crippen molar-refractivity contribution in [3.63, 3.8) is 0 Å². The monoisotopic (exact) mass is 926 g/mol.